The molecule has 0 nitrogen and oxygen atoms in total. The summed E-state index contributed by atoms with van der Waals surface area (Å²) in [5.74, 6) is 0. The Morgan fingerprint density at radius 2 is 2.50 bits per heavy atom. The molecule has 0 aliphatic heterocycles. The molecule has 0 aromatic carbocycles. The SMILES string of the molecule is CC=C[CH2][Hg][I]. The first-order valence-electron chi connectivity index (χ1n) is 2.09. The van der Waals surface area contributed by atoms with Gasteiger partial charge in [0, 0.05) is 0 Å². The molecule has 0 aliphatic carbocycles. The number of allylic oxidation sites excluding steroid dienone is 2. The van der Waals surface area contributed by atoms with E-state index in [4.69, 9.17) is 0 Å². The average Bonchev–Trinajstić information content (AvgIpc) is 1.61. The fraction of sp³-hybridized carbons (Fsp3) is 0.500. The Bertz CT molecular complexity index is 42.8. The molecule has 0 aromatic heterocycles. The summed E-state index contributed by atoms with van der Waals surface area (Å²) in [5.41, 5.74) is 0. The third-order valence-electron chi connectivity index (χ3n) is 0.511. The Hall–Kier alpha value is 1.41. The van der Waals surface area contributed by atoms with Crippen molar-refractivity contribution in [2.45, 2.75) is 10.9 Å². The summed E-state index contributed by atoms with van der Waals surface area (Å²) in [6, 6.07) is 0. The van der Waals surface area contributed by atoms with Gasteiger partial charge in [-0.25, -0.2) is 0 Å². The molecule has 6 heavy (non-hydrogen) atoms. The molecule has 2 heteroatoms. The van der Waals surface area contributed by atoms with E-state index in [1.54, 1.807) is 0 Å². The van der Waals surface area contributed by atoms with E-state index in [1.165, 1.54) is 3.93 Å². The van der Waals surface area contributed by atoms with Crippen LogP contribution in [0.25, 0.3) is 0 Å². The van der Waals surface area contributed by atoms with Gasteiger partial charge in [0.1, 0.15) is 0 Å². The predicted molar refractivity (Wildman–Crippen MR) is 33.6 cm³/mol. The molecule has 0 radical (unpaired) electrons. The van der Waals surface area contributed by atoms with Crippen LogP contribution in [0.4, 0.5) is 0 Å². The summed E-state index contributed by atoms with van der Waals surface area (Å²) in [7, 11) is 0. The van der Waals surface area contributed by atoms with Crippen molar-refractivity contribution in [2.24, 2.45) is 0 Å². The zero-order valence-corrected chi connectivity index (χ0v) is 11.6. The molecule has 0 aromatic rings. The second-order valence-corrected chi connectivity index (χ2v) is 14.2. The van der Waals surface area contributed by atoms with Crippen LogP contribution in [0.15, 0.2) is 12.2 Å². The van der Waals surface area contributed by atoms with Gasteiger partial charge in [0.15, 0.2) is 0 Å². The van der Waals surface area contributed by atoms with Crippen LogP contribution in [0.3, 0.4) is 0 Å². The van der Waals surface area contributed by atoms with Crippen molar-refractivity contribution < 1.29 is 20.2 Å². The van der Waals surface area contributed by atoms with Crippen molar-refractivity contribution in [3.05, 3.63) is 12.2 Å². The van der Waals surface area contributed by atoms with E-state index in [1.807, 2.05) is 0 Å². The third kappa shape index (κ3) is 5.41. The predicted octanol–water partition coefficient (Wildman–Crippen LogP) is 2.41. The number of halogens is 1. The summed E-state index contributed by atoms with van der Waals surface area (Å²) in [5, 5.41) is 0. The first kappa shape index (κ1) is 7.41. The minimum atomic E-state index is -0.285. The van der Waals surface area contributed by atoms with Gasteiger partial charge in [-0.2, -0.15) is 0 Å². The van der Waals surface area contributed by atoms with Gasteiger partial charge in [-0.3, -0.25) is 0 Å². The normalized spacial score (nSPS) is 9.00. The standard InChI is InChI=1S/C4H7.Hg.HI/c1-3-4-2;;/h3-4H,1H2,2H3;;1H/q;+1;/p-1. The maximum absolute atomic E-state index is 2.58. The van der Waals surface area contributed by atoms with E-state index in [9.17, 15) is 0 Å². The van der Waals surface area contributed by atoms with Crippen molar-refractivity contribution in [3.63, 3.8) is 0 Å². The van der Waals surface area contributed by atoms with E-state index in [-0.39, 0.29) is 20.2 Å². The summed E-state index contributed by atoms with van der Waals surface area (Å²) in [4.78, 5) is 0. The Labute approximate surface area is 60.2 Å². The fourth-order valence-corrected chi connectivity index (χ4v) is 5.17. The Morgan fingerprint density at radius 3 is 2.67 bits per heavy atom. The van der Waals surface area contributed by atoms with Gasteiger partial charge < -0.3 is 0 Å². The average molecular weight is 383 g/mol. The summed E-state index contributed by atoms with van der Waals surface area (Å²) < 4.78 is 1.44. The molecular formula is C4H7HgI. The van der Waals surface area contributed by atoms with Crippen LogP contribution in [0.1, 0.15) is 6.92 Å². The van der Waals surface area contributed by atoms with Crippen LogP contribution < -0.4 is 0 Å². The Morgan fingerprint density at radius 1 is 1.83 bits per heavy atom. The van der Waals surface area contributed by atoms with Crippen LogP contribution in [0.5, 0.6) is 0 Å². The van der Waals surface area contributed by atoms with Gasteiger partial charge in [0.25, 0.3) is 0 Å². The molecule has 0 fully saturated rings. The Kier molecular flexibility index (Phi) is 7.90. The van der Waals surface area contributed by atoms with Gasteiger partial charge in [0.2, 0.25) is 0 Å². The molecule has 0 bridgehead atoms. The maximum atomic E-state index is 2.58. The van der Waals surface area contributed by atoms with Gasteiger partial charge >= 0.3 is 60.9 Å². The first-order valence-corrected chi connectivity index (χ1v) is 21.4. The van der Waals surface area contributed by atoms with E-state index in [2.05, 4.69) is 36.7 Å². The van der Waals surface area contributed by atoms with E-state index in [0.717, 1.165) is 0 Å². The monoisotopic (exact) mass is 384 g/mol. The van der Waals surface area contributed by atoms with E-state index < -0.39 is 0 Å². The second-order valence-electron chi connectivity index (χ2n) is 1.05. The molecule has 0 unspecified atom stereocenters. The van der Waals surface area contributed by atoms with Gasteiger partial charge in [-0.05, 0) is 0 Å². The molecule has 32 valence electrons. The summed E-state index contributed by atoms with van der Waals surface area (Å²) >= 11 is 2.30. The van der Waals surface area contributed by atoms with Crippen LogP contribution in [0.2, 0.25) is 3.93 Å². The van der Waals surface area contributed by atoms with Gasteiger partial charge in [0.05, 0.1) is 0 Å². The van der Waals surface area contributed by atoms with Crippen LogP contribution in [-0.4, -0.2) is 0 Å². The molecule has 0 rings (SSSR count). The molecule has 0 spiro atoms. The van der Waals surface area contributed by atoms with Crippen molar-refractivity contribution >= 4 is 17.7 Å². The number of hydrogen-bond donors (Lipinski definition) is 0. The molecule has 0 heterocycles. The van der Waals surface area contributed by atoms with Crippen molar-refractivity contribution in [1.29, 1.82) is 0 Å². The quantitative estimate of drug-likeness (QED) is 0.391. The van der Waals surface area contributed by atoms with E-state index in [0.29, 0.717) is 0 Å². The van der Waals surface area contributed by atoms with Crippen molar-refractivity contribution in [3.8, 4) is 0 Å². The molecular weight excluding hydrogens is 376 g/mol. The molecule has 0 amide bonds. The molecule has 0 N–H and O–H groups in total. The van der Waals surface area contributed by atoms with Crippen LogP contribution in [0, 0.1) is 0 Å². The molecule has 0 saturated heterocycles. The first-order chi connectivity index (χ1) is 2.91. The number of rotatable bonds is 2. The molecule has 0 aliphatic rings. The molecule has 0 atom stereocenters. The topological polar surface area (TPSA) is 0 Å². The zero-order chi connectivity index (χ0) is 4.83. The van der Waals surface area contributed by atoms with E-state index >= 15 is 0 Å². The van der Waals surface area contributed by atoms with Crippen LogP contribution >= 0.6 is 17.7 Å². The second kappa shape index (κ2) is 6.41. The fourth-order valence-electron chi connectivity index (χ4n) is 0.230. The van der Waals surface area contributed by atoms with Gasteiger partial charge in [-0.1, -0.05) is 0 Å². The van der Waals surface area contributed by atoms with Gasteiger partial charge in [-0.15, -0.1) is 0 Å². The minimum absolute atomic E-state index is 0.285. The summed E-state index contributed by atoms with van der Waals surface area (Å²) in [6.45, 7) is 2.08. The molecule has 0 saturated carbocycles. The van der Waals surface area contributed by atoms with Crippen molar-refractivity contribution in [2.75, 3.05) is 0 Å². The van der Waals surface area contributed by atoms with Crippen LogP contribution in [-0.2, 0) is 20.2 Å². The zero-order valence-electron chi connectivity index (χ0n) is 3.95. The summed E-state index contributed by atoms with van der Waals surface area (Å²) in [6.07, 6.45) is 4.41. The number of hydrogen-bond acceptors (Lipinski definition) is 0. The Balaban J connectivity index is 2.66. The van der Waals surface area contributed by atoms with Crippen molar-refractivity contribution in [1.82, 2.24) is 0 Å². The third-order valence-corrected chi connectivity index (χ3v) is 8.12.